The summed E-state index contributed by atoms with van der Waals surface area (Å²) in [6.45, 7) is 4.48. The monoisotopic (exact) mass is 350 g/mol. The van der Waals surface area contributed by atoms with Crippen LogP contribution >= 0.6 is 15.9 Å². The van der Waals surface area contributed by atoms with Gasteiger partial charge >= 0.3 is 0 Å². The molecule has 21 heavy (non-hydrogen) atoms. The molecule has 1 saturated heterocycles. The molecule has 0 radical (unpaired) electrons. The van der Waals surface area contributed by atoms with Gasteiger partial charge in [-0.15, -0.1) is 0 Å². The molecule has 0 atom stereocenters. The Morgan fingerprint density at radius 1 is 1.14 bits per heavy atom. The Bertz CT molecular complexity index is 600. The lowest BCUT2D eigenvalue weighted by molar-refractivity contribution is 0.249. The molecule has 0 N–H and O–H groups in total. The van der Waals surface area contributed by atoms with E-state index in [2.05, 4.69) is 35.7 Å². The Hall–Kier alpha value is -1.53. The van der Waals surface area contributed by atoms with Crippen molar-refractivity contribution in [1.82, 2.24) is 14.9 Å². The van der Waals surface area contributed by atoms with Crippen LogP contribution in [-0.2, 0) is 6.54 Å². The molecule has 2 heterocycles. The Kier molecular flexibility index (Phi) is 4.45. The molecule has 2 aromatic rings. The van der Waals surface area contributed by atoms with Gasteiger partial charge in [-0.25, -0.2) is 9.37 Å². The number of aromatic nitrogens is 2. The van der Waals surface area contributed by atoms with Crippen LogP contribution in [-0.4, -0.2) is 41.0 Å². The molecule has 1 aromatic carbocycles. The van der Waals surface area contributed by atoms with Gasteiger partial charge in [-0.2, -0.15) is 0 Å². The summed E-state index contributed by atoms with van der Waals surface area (Å²) in [6, 6.07) is 5.32. The molecule has 110 valence electrons. The fourth-order valence-electron chi connectivity index (χ4n) is 2.49. The largest absolute Gasteiger partial charge is 0.353 e. The first-order valence-corrected chi connectivity index (χ1v) is 7.69. The first kappa shape index (κ1) is 14.4. The lowest BCUT2D eigenvalue weighted by Crippen LogP contribution is -2.46. The van der Waals surface area contributed by atoms with Crippen LogP contribution in [0.2, 0.25) is 0 Å². The highest BCUT2D eigenvalue weighted by Crippen LogP contribution is 2.18. The van der Waals surface area contributed by atoms with Gasteiger partial charge in [0.1, 0.15) is 11.6 Å². The fourth-order valence-corrected chi connectivity index (χ4v) is 2.73. The molecule has 0 spiro atoms. The molecule has 3 rings (SSSR count). The maximum absolute atomic E-state index is 13.5. The minimum absolute atomic E-state index is 0.203. The van der Waals surface area contributed by atoms with Gasteiger partial charge in [0, 0.05) is 45.1 Å². The SMILES string of the molecule is Fc1cc(CN2CCN(c3cnccn3)CC2)ccc1Br. The summed E-state index contributed by atoms with van der Waals surface area (Å²) >= 11 is 3.18. The number of benzene rings is 1. The molecule has 0 aliphatic carbocycles. The molecule has 0 unspecified atom stereocenters. The van der Waals surface area contributed by atoms with Gasteiger partial charge in [0.05, 0.1) is 10.7 Å². The van der Waals surface area contributed by atoms with Crippen LogP contribution in [0.1, 0.15) is 5.56 Å². The van der Waals surface area contributed by atoms with E-state index in [0.29, 0.717) is 4.47 Å². The molecule has 1 aromatic heterocycles. The number of nitrogens with zero attached hydrogens (tertiary/aromatic N) is 4. The van der Waals surface area contributed by atoms with Crippen molar-refractivity contribution in [3.63, 3.8) is 0 Å². The Labute approximate surface area is 131 Å². The predicted octanol–water partition coefficient (Wildman–Crippen LogP) is 2.70. The molecule has 1 aliphatic heterocycles. The fraction of sp³-hybridized carbons (Fsp3) is 0.333. The predicted molar refractivity (Wildman–Crippen MR) is 83.6 cm³/mol. The highest BCUT2D eigenvalue weighted by atomic mass is 79.9. The summed E-state index contributed by atoms with van der Waals surface area (Å²) in [5, 5.41) is 0. The summed E-state index contributed by atoms with van der Waals surface area (Å²) in [4.78, 5) is 13.0. The minimum Gasteiger partial charge on any atom is -0.353 e. The molecular formula is C15H16BrFN4. The summed E-state index contributed by atoms with van der Waals surface area (Å²) in [7, 11) is 0. The van der Waals surface area contributed by atoms with Crippen LogP contribution in [0.3, 0.4) is 0 Å². The van der Waals surface area contributed by atoms with Gasteiger partial charge in [0.25, 0.3) is 0 Å². The van der Waals surface area contributed by atoms with Crippen molar-refractivity contribution in [2.24, 2.45) is 0 Å². The number of hydrogen-bond donors (Lipinski definition) is 0. The second kappa shape index (κ2) is 6.49. The van der Waals surface area contributed by atoms with Crippen LogP contribution in [0, 0.1) is 5.82 Å². The lowest BCUT2D eigenvalue weighted by Gasteiger charge is -2.35. The van der Waals surface area contributed by atoms with Crippen molar-refractivity contribution >= 4 is 21.7 Å². The quantitative estimate of drug-likeness (QED) is 0.851. The molecule has 1 fully saturated rings. The van der Waals surface area contributed by atoms with Crippen molar-refractivity contribution in [2.75, 3.05) is 31.1 Å². The molecular weight excluding hydrogens is 335 g/mol. The molecule has 6 heteroatoms. The maximum atomic E-state index is 13.5. The van der Waals surface area contributed by atoms with Crippen molar-refractivity contribution in [3.8, 4) is 0 Å². The van der Waals surface area contributed by atoms with Crippen molar-refractivity contribution in [3.05, 3.63) is 52.6 Å². The van der Waals surface area contributed by atoms with Crippen LogP contribution in [0.25, 0.3) is 0 Å². The zero-order valence-electron chi connectivity index (χ0n) is 11.5. The molecule has 0 saturated carbocycles. The third-order valence-corrected chi connectivity index (χ3v) is 4.28. The maximum Gasteiger partial charge on any atom is 0.147 e. The smallest absolute Gasteiger partial charge is 0.147 e. The third-order valence-electron chi connectivity index (χ3n) is 3.64. The zero-order valence-corrected chi connectivity index (χ0v) is 13.1. The Morgan fingerprint density at radius 2 is 1.95 bits per heavy atom. The summed E-state index contributed by atoms with van der Waals surface area (Å²) in [5.41, 5.74) is 1.00. The minimum atomic E-state index is -0.203. The number of halogens is 2. The van der Waals surface area contributed by atoms with E-state index in [4.69, 9.17) is 0 Å². The topological polar surface area (TPSA) is 32.3 Å². The van der Waals surface area contributed by atoms with Crippen LogP contribution in [0.4, 0.5) is 10.2 Å². The summed E-state index contributed by atoms with van der Waals surface area (Å²) in [5.74, 6) is 0.720. The lowest BCUT2D eigenvalue weighted by atomic mass is 10.2. The van der Waals surface area contributed by atoms with Crippen molar-refractivity contribution in [2.45, 2.75) is 6.54 Å². The number of piperazine rings is 1. The van der Waals surface area contributed by atoms with Crippen molar-refractivity contribution < 1.29 is 4.39 Å². The zero-order chi connectivity index (χ0) is 14.7. The molecule has 0 bridgehead atoms. The van der Waals surface area contributed by atoms with Gasteiger partial charge < -0.3 is 4.90 Å². The van der Waals surface area contributed by atoms with Crippen LogP contribution in [0.15, 0.2) is 41.3 Å². The molecule has 1 aliphatic rings. The Balaban J connectivity index is 1.57. The average Bonchev–Trinajstić information content (AvgIpc) is 2.53. The van der Waals surface area contributed by atoms with Gasteiger partial charge in [-0.05, 0) is 33.6 Å². The van der Waals surface area contributed by atoms with Gasteiger partial charge in [-0.1, -0.05) is 6.07 Å². The summed E-state index contributed by atoms with van der Waals surface area (Å²) < 4.78 is 14.0. The second-order valence-electron chi connectivity index (χ2n) is 5.08. The number of rotatable bonds is 3. The van der Waals surface area contributed by atoms with E-state index in [1.54, 1.807) is 30.7 Å². The van der Waals surface area contributed by atoms with Crippen LogP contribution in [0.5, 0.6) is 0 Å². The van der Waals surface area contributed by atoms with Crippen molar-refractivity contribution in [1.29, 1.82) is 0 Å². The molecule has 0 amide bonds. The van der Waals surface area contributed by atoms with E-state index in [9.17, 15) is 4.39 Å². The normalized spacial score (nSPS) is 16.2. The van der Waals surface area contributed by atoms with Gasteiger partial charge in [-0.3, -0.25) is 9.88 Å². The van der Waals surface area contributed by atoms with E-state index >= 15 is 0 Å². The van der Waals surface area contributed by atoms with Gasteiger partial charge in [0.15, 0.2) is 0 Å². The highest BCUT2D eigenvalue weighted by Gasteiger charge is 2.18. The summed E-state index contributed by atoms with van der Waals surface area (Å²) in [6.07, 6.45) is 5.19. The van der Waals surface area contributed by atoms with Crippen LogP contribution < -0.4 is 4.90 Å². The van der Waals surface area contributed by atoms with E-state index in [-0.39, 0.29) is 5.82 Å². The first-order valence-electron chi connectivity index (χ1n) is 6.89. The first-order chi connectivity index (χ1) is 10.2. The van der Waals surface area contributed by atoms with E-state index < -0.39 is 0 Å². The standard InChI is InChI=1S/C15H16BrFN4/c16-13-2-1-12(9-14(13)17)11-20-5-7-21(8-6-20)15-10-18-3-4-19-15/h1-4,9-10H,5-8,11H2. The number of hydrogen-bond acceptors (Lipinski definition) is 4. The molecule has 4 nitrogen and oxygen atoms in total. The Morgan fingerprint density at radius 3 is 2.62 bits per heavy atom. The highest BCUT2D eigenvalue weighted by molar-refractivity contribution is 9.10. The van der Waals surface area contributed by atoms with E-state index in [1.807, 2.05) is 6.07 Å². The average molecular weight is 351 g/mol. The number of anilines is 1. The van der Waals surface area contributed by atoms with E-state index in [1.165, 1.54) is 0 Å². The third kappa shape index (κ3) is 3.57. The van der Waals surface area contributed by atoms with E-state index in [0.717, 1.165) is 44.1 Å². The second-order valence-corrected chi connectivity index (χ2v) is 5.93. The van der Waals surface area contributed by atoms with Gasteiger partial charge in [0.2, 0.25) is 0 Å².